The molecular formula is C29H21FN4OS. The first-order chi connectivity index (χ1) is 17.5. The third kappa shape index (κ3) is 4.14. The fraction of sp³-hybridized carbons (Fsp3) is 0.0690. The van der Waals surface area contributed by atoms with Crippen molar-refractivity contribution < 1.29 is 9.13 Å². The molecule has 36 heavy (non-hydrogen) atoms. The molecule has 0 aliphatic rings. The highest BCUT2D eigenvalue weighted by Gasteiger charge is 2.12. The number of rotatable bonds is 6. The molecule has 0 saturated heterocycles. The Morgan fingerprint density at radius 2 is 1.86 bits per heavy atom. The Morgan fingerprint density at radius 1 is 1.00 bits per heavy atom. The number of ether oxygens (including phenoxy) is 1. The molecule has 3 heterocycles. The van der Waals surface area contributed by atoms with E-state index in [-0.39, 0.29) is 5.82 Å². The lowest BCUT2D eigenvalue weighted by Gasteiger charge is -2.11. The predicted molar refractivity (Wildman–Crippen MR) is 142 cm³/mol. The van der Waals surface area contributed by atoms with Gasteiger partial charge < -0.3 is 4.74 Å². The summed E-state index contributed by atoms with van der Waals surface area (Å²) in [7, 11) is 0. The summed E-state index contributed by atoms with van der Waals surface area (Å²) in [5.41, 5.74) is 6.34. The third-order valence-corrected chi connectivity index (χ3v) is 7.10. The summed E-state index contributed by atoms with van der Waals surface area (Å²) < 4.78 is 22.6. The Bertz CT molecular complexity index is 1740. The zero-order valence-electron chi connectivity index (χ0n) is 19.5. The lowest BCUT2D eigenvalue weighted by atomic mass is 10.1. The minimum Gasteiger partial charge on any atom is -0.489 e. The Hall–Kier alpha value is -4.36. The van der Waals surface area contributed by atoms with Crippen molar-refractivity contribution >= 4 is 38.2 Å². The molecular weight excluding hydrogens is 471 g/mol. The Kier molecular flexibility index (Phi) is 5.54. The number of benzene rings is 3. The van der Waals surface area contributed by atoms with Gasteiger partial charge >= 0.3 is 0 Å². The van der Waals surface area contributed by atoms with Crippen molar-refractivity contribution in [3.05, 3.63) is 120 Å². The number of hydrogen-bond donors (Lipinski definition) is 0. The average Bonchev–Trinajstić information content (AvgIpc) is 3.47. The fourth-order valence-corrected chi connectivity index (χ4v) is 5.18. The van der Waals surface area contributed by atoms with Crippen LogP contribution < -0.4 is 4.74 Å². The van der Waals surface area contributed by atoms with Crippen LogP contribution in [-0.4, -0.2) is 19.5 Å². The normalized spacial score (nSPS) is 11.3. The molecule has 0 fully saturated rings. The summed E-state index contributed by atoms with van der Waals surface area (Å²) in [5.74, 6) is 1.39. The molecule has 0 aliphatic carbocycles. The van der Waals surface area contributed by atoms with Gasteiger partial charge in [0, 0.05) is 23.5 Å². The number of aryl methyl sites for hydroxylation is 1. The number of nitrogens with zero attached hydrogens (tertiary/aromatic N) is 4. The van der Waals surface area contributed by atoms with E-state index in [4.69, 9.17) is 4.74 Å². The van der Waals surface area contributed by atoms with Crippen molar-refractivity contribution in [2.45, 2.75) is 13.5 Å². The highest BCUT2D eigenvalue weighted by molar-refractivity contribution is 7.19. The van der Waals surface area contributed by atoms with Crippen LogP contribution in [0.5, 0.6) is 5.75 Å². The van der Waals surface area contributed by atoms with Crippen molar-refractivity contribution in [1.29, 1.82) is 0 Å². The van der Waals surface area contributed by atoms with Gasteiger partial charge in [0.05, 0.1) is 21.9 Å². The Morgan fingerprint density at radius 3 is 2.72 bits per heavy atom. The van der Waals surface area contributed by atoms with Gasteiger partial charge in [0.2, 0.25) is 0 Å². The molecule has 3 aromatic carbocycles. The number of imidazole rings is 1. The zero-order chi connectivity index (χ0) is 24.6. The van der Waals surface area contributed by atoms with Crippen molar-refractivity contribution in [1.82, 2.24) is 19.5 Å². The predicted octanol–water partition coefficient (Wildman–Crippen LogP) is 7.12. The van der Waals surface area contributed by atoms with E-state index in [1.54, 1.807) is 18.5 Å². The first-order valence-electron chi connectivity index (χ1n) is 11.4. The summed E-state index contributed by atoms with van der Waals surface area (Å²) in [6, 6.07) is 22.7. The van der Waals surface area contributed by atoms with Crippen LogP contribution in [-0.2, 0) is 6.61 Å². The lowest BCUT2D eigenvalue weighted by molar-refractivity contribution is 0.306. The number of aromatic nitrogens is 4. The van der Waals surface area contributed by atoms with Crippen LogP contribution in [0.1, 0.15) is 22.0 Å². The van der Waals surface area contributed by atoms with Crippen LogP contribution in [0.15, 0.2) is 91.8 Å². The molecule has 5 nitrogen and oxygen atoms in total. The van der Waals surface area contributed by atoms with Crippen LogP contribution in [0, 0.1) is 12.7 Å². The number of pyridine rings is 1. The summed E-state index contributed by atoms with van der Waals surface area (Å²) in [6.45, 7) is 6.64. The van der Waals surface area contributed by atoms with E-state index in [1.165, 1.54) is 23.5 Å². The molecule has 7 heteroatoms. The first-order valence-corrected chi connectivity index (χ1v) is 12.2. The van der Waals surface area contributed by atoms with Gasteiger partial charge in [-0.05, 0) is 66.6 Å². The molecule has 0 N–H and O–H groups in total. The number of thiazole rings is 1. The van der Waals surface area contributed by atoms with Gasteiger partial charge in [-0.1, -0.05) is 24.8 Å². The van der Waals surface area contributed by atoms with E-state index < -0.39 is 0 Å². The number of fused-ring (bicyclic) bond motifs is 2. The lowest BCUT2D eigenvalue weighted by Crippen LogP contribution is -1.99. The Balaban J connectivity index is 1.18. The van der Waals surface area contributed by atoms with Crippen molar-refractivity contribution in [3.8, 4) is 11.4 Å². The van der Waals surface area contributed by atoms with Gasteiger partial charge in [-0.15, -0.1) is 11.3 Å². The Labute approximate surface area is 211 Å². The largest absolute Gasteiger partial charge is 0.489 e. The zero-order valence-corrected chi connectivity index (χ0v) is 20.3. The van der Waals surface area contributed by atoms with Gasteiger partial charge in [0.15, 0.2) is 0 Å². The fourth-order valence-electron chi connectivity index (χ4n) is 4.24. The number of hydrogen-bond acceptors (Lipinski definition) is 5. The smallest absolute Gasteiger partial charge is 0.125 e. The SMILES string of the molecule is C=C(c1cccc(COc2ccc(-n3c(C)nc4cnccc43)cc2)c1)c1nc2cc(F)ccc2s1. The summed E-state index contributed by atoms with van der Waals surface area (Å²) >= 11 is 1.51. The standard InChI is InChI=1S/C29H21FN4OS/c1-18(29-33-25-15-22(30)6-11-28(25)36-29)21-5-3-4-20(14-21)17-35-24-9-7-23(8-10-24)34-19(2)32-26-16-31-13-12-27(26)34/h3-16H,1,17H2,2H3. The maximum absolute atomic E-state index is 13.5. The molecule has 0 bridgehead atoms. The molecule has 6 rings (SSSR count). The van der Waals surface area contributed by atoms with Gasteiger partial charge in [-0.3, -0.25) is 9.55 Å². The maximum atomic E-state index is 13.5. The van der Waals surface area contributed by atoms with Crippen LogP contribution >= 0.6 is 11.3 Å². The summed E-state index contributed by atoms with van der Waals surface area (Å²) in [5, 5.41) is 0.780. The van der Waals surface area contributed by atoms with Gasteiger partial charge in [-0.2, -0.15) is 0 Å². The van der Waals surface area contributed by atoms with Crippen LogP contribution in [0.4, 0.5) is 4.39 Å². The molecule has 0 unspecified atom stereocenters. The van der Waals surface area contributed by atoms with Crippen LogP contribution in [0.3, 0.4) is 0 Å². The summed E-state index contributed by atoms with van der Waals surface area (Å²) in [4.78, 5) is 13.3. The van der Waals surface area contributed by atoms with E-state index in [1.807, 2.05) is 55.5 Å². The quantitative estimate of drug-likeness (QED) is 0.248. The van der Waals surface area contributed by atoms with Crippen molar-refractivity contribution in [2.24, 2.45) is 0 Å². The number of halogens is 1. The van der Waals surface area contributed by atoms with Gasteiger partial charge in [0.1, 0.15) is 34.5 Å². The summed E-state index contributed by atoms with van der Waals surface area (Å²) in [6.07, 6.45) is 3.55. The van der Waals surface area contributed by atoms with Crippen molar-refractivity contribution in [2.75, 3.05) is 0 Å². The second-order valence-electron chi connectivity index (χ2n) is 8.45. The van der Waals surface area contributed by atoms with E-state index in [2.05, 4.69) is 32.2 Å². The van der Waals surface area contributed by atoms with E-state index in [0.29, 0.717) is 12.1 Å². The van der Waals surface area contributed by atoms with E-state index in [0.717, 1.165) is 54.7 Å². The molecule has 3 aromatic heterocycles. The molecule has 0 spiro atoms. The maximum Gasteiger partial charge on any atom is 0.125 e. The van der Waals surface area contributed by atoms with E-state index >= 15 is 0 Å². The second-order valence-corrected chi connectivity index (χ2v) is 9.48. The van der Waals surface area contributed by atoms with E-state index in [9.17, 15) is 4.39 Å². The highest BCUT2D eigenvalue weighted by Crippen LogP contribution is 2.31. The van der Waals surface area contributed by atoms with Crippen LogP contribution in [0.25, 0.3) is 32.5 Å². The average molecular weight is 493 g/mol. The third-order valence-electron chi connectivity index (χ3n) is 6.01. The van der Waals surface area contributed by atoms with Crippen molar-refractivity contribution in [3.63, 3.8) is 0 Å². The topological polar surface area (TPSA) is 52.8 Å². The highest BCUT2D eigenvalue weighted by atomic mass is 32.1. The first kappa shape index (κ1) is 22.1. The molecule has 0 atom stereocenters. The minimum absolute atomic E-state index is 0.289. The van der Waals surface area contributed by atoms with Crippen LogP contribution in [0.2, 0.25) is 0 Å². The van der Waals surface area contributed by atoms with Gasteiger partial charge in [-0.25, -0.2) is 14.4 Å². The minimum atomic E-state index is -0.289. The molecule has 0 amide bonds. The molecule has 6 aromatic rings. The van der Waals surface area contributed by atoms with Gasteiger partial charge in [0.25, 0.3) is 0 Å². The second kappa shape index (κ2) is 9.02. The monoisotopic (exact) mass is 492 g/mol. The molecule has 176 valence electrons. The molecule has 0 saturated carbocycles. The molecule has 0 aliphatic heterocycles. The molecule has 0 radical (unpaired) electrons.